The molecule has 0 heterocycles. The van der Waals surface area contributed by atoms with Gasteiger partial charge in [0.15, 0.2) is 0 Å². The zero-order valence-electron chi connectivity index (χ0n) is 16.1. The molecule has 0 bridgehead atoms. The first-order valence-corrected chi connectivity index (χ1v) is 9.83. The van der Waals surface area contributed by atoms with E-state index in [9.17, 15) is 0 Å². The molecule has 0 saturated heterocycles. The number of hydrogen-bond acceptors (Lipinski definition) is 1. The molecule has 1 rings (SSSR count). The molecule has 5 atom stereocenters. The highest BCUT2D eigenvalue weighted by Crippen LogP contribution is 2.38. The van der Waals surface area contributed by atoms with E-state index in [1.807, 2.05) is 0 Å². The van der Waals surface area contributed by atoms with Crippen molar-refractivity contribution in [3.63, 3.8) is 0 Å². The summed E-state index contributed by atoms with van der Waals surface area (Å²) in [7, 11) is 0. The summed E-state index contributed by atoms with van der Waals surface area (Å²) < 4.78 is 0. The minimum absolute atomic E-state index is 0.805. The second-order valence-corrected chi connectivity index (χ2v) is 8.31. The Labute approximate surface area is 140 Å². The van der Waals surface area contributed by atoms with Crippen LogP contribution in [-0.4, -0.2) is 13.1 Å². The van der Waals surface area contributed by atoms with Crippen LogP contribution in [0.15, 0.2) is 11.6 Å². The summed E-state index contributed by atoms with van der Waals surface area (Å²) in [6.07, 6.45) is 10.5. The molecule has 0 aromatic carbocycles. The third-order valence-electron chi connectivity index (χ3n) is 5.52. The van der Waals surface area contributed by atoms with Crippen LogP contribution < -0.4 is 5.32 Å². The van der Waals surface area contributed by atoms with Crippen LogP contribution >= 0.6 is 0 Å². The maximum Gasteiger partial charge on any atom is -0.00231 e. The van der Waals surface area contributed by atoms with Crippen LogP contribution in [-0.2, 0) is 0 Å². The summed E-state index contributed by atoms with van der Waals surface area (Å²) in [6.45, 7) is 16.7. The fourth-order valence-electron chi connectivity index (χ4n) is 3.50. The molecule has 0 radical (unpaired) electrons. The van der Waals surface area contributed by atoms with Crippen LogP contribution in [0.2, 0.25) is 0 Å². The van der Waals surface area contributed by atoms with Crippen molar-refractivity contribution in [2.24, 2.45) is 29.6 Å². The molecular formula is C21H41N. The van der Waals surface area contributed by atoms with E-state index >= 15 is 0 Å². The largest absolute Gasteiger partial charge is 0.316 e. The molecule has 1 nitrogen and oxygen atoms in total. The van der Waals surface area contributed by atoms with E-state index in [0.29, 0.717) is 0 Å². The normalized spacial score (nSPS) is 25.0. The highest BCUT2D eigenvalue weighted by Gasteiger charge is 2.24. The van der Waals surface area contributed by atoms with Crippen LogP contribution in [0.3, 0.4) is 0 Å². The van der Waals surface area contributed by atoms with Gasteiger partial charge in [-0.25, -0.2) is 0 Å². The van der Waals surface area contributed by atoms with E-state index in [1.54, 1.807) is 5.57 Å². The molecule has 0 aromatic rings. The average Bonchev–Trinajstić information content (AvgIpc) is 3.17. The van der Waals surface area contributed by atoms with Crippen LogP contribution in [0.5, 0.6) is 0 Å². The Morgan fingerprint density at radius 1 is 1.09 bits per heavy atom. The molecule has 1 fully saturated rings. The summed E-state index contributed by atoms with van der Waals surface area (Å²) >= 11 is 0. The van der Waals surface area contributed by atoms with Gasteiger partial charge in [-0.05, 0) is 74.8 Å². The lowest BCUT2D eigenvalue weighted by Crippen LogP contribution is -2.25. The van der Waals surface area contributed by atoms with Crippen molar-refractivity contribution >= 4 is 0 Å². The Morgan fingerprint density at radius 2 is 1.68 bits per heavy atom. The molecule has 0 aliphatic heterocycles. The van der Waals surface area contributed by atoms with Gasteiger partial charge in [-0.3, -0.25) is 0 Å². The predicted molar refractivity (Wildman–Crippen MR) is 100 cm³/mol. The van der Waals surface area contributed by atoms with Gasteiger partial charge in [0.05, 0.1) is 0 Å². The minimum Gasteiger partial charge on any atom is -0.316 e. The van der Waals surface area contributed by atoms with Gasteiger partial charge >= 0.3 is 0 Å². The average molecular weight is 308 g/mol. The van der Waals surface area contributed by atoms with Crippen molar-refractivity contribution in [2.45, 2.75) is 80.1 Å². The highest BCUT2D eigenvalue weighted by molar-refractivity contribution is 5.21. The molecule has 1 aliphatic rings. The summed E-state index contributed by atoms with van der Waals surface area (Å²) in [4.78, 5) is 0. The third-order valence-corrected chi connectivity index (χ3v) is 5.52. The fourth-order valence-corrected chi connectivity index (χ4v) is 3.50. The van der Waals surface area contributed by atoms with Crippen molar-refractivity contribution in [3.05, 3.63) is 11.6 Å². The van der Waals surface area contributed by atoms with Gasteiger partial charge in [0.25, 0.3) is 0 Å². The lowest BCUT2D eigenvalue weighted by atomic mass is 9.82. The first-order chi connectivity index (χ1) is 10.4. The Hall–Kier alpha value is -0.300. The van der Waals surface area contributed by atoms with E-state index in [2.05, 4.69) is 52.9 Å². The van der Waals surface area contributed by atoms with Gasteiger partial charge in [-0.2, -0.15) is 0 Å². The summed E-state index contributed by atoms with van der Waals surface area (Å²) in [5.41, 5.74) is 1.71. The van der Waals surface area contributed by atoms with Crippen molar-refractivity contribution in [2.75, 3.05) is 13.1 Å². The van der Waals surface area contributed by atoms with E-state index < -0.39 is 0 Å². The molecular weight excluding hydrogens is 266 g/mol. The van der Waals surface area contributed by atoms with Crippen LogP contribution in [0.1, 0.15) is 80.1 Å². The van der Waals surface area contributed by atoms with Crippen molar-refractivity contribution in [3.8, 4) is 0 Å². The van der Waals surface area contributed by atoms with Crippen molar-refractivity contribution in [1.29, 1.82) is 0 Å². The Bertz CT molecular complexity index is 320. The molecule has 0 spiro atoms. The number of rotatable bonds is 12. The zero-order chi connectivity index (χ0) is 16.5. The molecule has 22 heavy (non-hydrogen) atoms. The highest BCUT2D eigenvalue weighted by atomic mass is 14.8. The second kappa shape index (κ2) is 10.5. The van der Waals surface area contributed by atoms with Gasteiger partial charge in [0.2, 0.25) is 0 Å². The van der Waals surface area contributed by atoms with E-state index in [0.717, 1.165) is 29.6 Å². The van der Waals surface area contributed by atoms with Crippen LogP contribution in [0.25, 0.3) is 0 Å². The molecule has 1 N–H and O–H groups in total. The smallest absolute Gasteiger partial charge is 0.00231 e. The molecule has 0 amide bonds. The SMILES string of the molecule is CCCCNCC(C)C[C@H](C)[C@H](C)CC(C)C/C=C1\C[C@H]1C. The number of nitrogens with one attached hydrogen (secondary N) is 1. The topological polar surface area (TPSA) is 12.0 Å². The summed E-state index contributed by atoms with van der Waals surface area (Å²) in [5.74, 6) is 4.24. The maximum atomic E-state index is 3.61. The molecule has 130 valence electrons. The van der Waals surface area contributed by atoms with E-state index in [4.69, 9.17) is 0 Å². The molecule has 1 saturated carbocycles. The van der Waals surface area contributed by atoms with Gasteiger partial charge in [-0.1, -0.05) is 59.6 Å². The summed E-state index contributed by atoms with van der Waals surface area (Å²) in [5, 5.41) is 3.61. The van der Waals surface area contributed by atoms with Crippen LogP contribution in [0, 0.1) is 29.6 Å². The van der Waals surface area contributed by atoms with Crippen molar-refractivity contribution < 1.29 is 0 Å². The zero-order valence-corrected chi connectivity index (χ0v) is 16.1. The van der Waals surface area contributed by atoms with E-state index in [-0.39, 0.29) is 0 Å². The number of allylic oxidation sites excluding steroid dienone is 2. The number of unbranched alkanes of at least 4 members (excludes halogenated alkanes) is 1. The molecule has 2 unspecified atom stereocenters. The maximum absolute atomic E-state index is 3.61. The standard InChI is InChI=1S/C21H41N/c1-7-8-11-22-15-17(3)13-19(5)18(4)12-16(2)9-10-21-14-20(21)6/h10,16-20,22H,7-9,11-15H2,1-6H3/b21-10+/t16?,17?,18-,19+,20-/m1/s1. The van der Waals surface area contributed by atoms with Crippen molar-refractivity contribution in [1.82, 2.24) is 5.32 Å². The Kier molecular flexibility index (Phi) is 9.40. The van der Waals surface area contributed by atoms with E-state index in [1.165, 1.54) is 51.6 Å². The lowest BCUT2D eigenvalue weighted by Gasteiger charge is -2.25. The molecule has 0 aromatic heterocycles. The second-order valence-electron chi connectivity index (χ2n) is 8.31. The van der Waals surface area contributed by atoms with Gasteiger partial charge in [0, 0.05) is 0 Å². The van der Waals surface area contributed by atoms with Gasteiger partial charge in [0.1, 0.15) is 0 Å². The number of hydrogen-bond donors (Lipinski definition) is 1. The first kappa shape index (κ1) is 19.7. The molecule has 1 aliphatic carbocycles. The predicted octanol–water partition coefficient (Wildman–Crippen LogP) is 6.06. The van der Waals surface area contributed by atoms with Gasteiger partial charge < -0.3 is 5.32 Å². The first-order valence-electron chi connectivity index (χ1n) is 9.83. The fraction of sp³-hybridized carbons (Fsp3) is 0.905. The lowest BCUT2D eigenvalue weighted by molar-refractivity contribution is 0.266. The Balaban J connectivity index is 2.15. The summed E-state index contributed by atoms with van der Waals surface area (Å²) in [6, 6.07) is 0. The monoisotopic (exact) mass is 307 g/mol. The van der Waals surface area contributed by atoms with Gasteiger partial charge in [-0.15, -0.1) is 0 Å². The third kappa shape index (κ3) is 8.36. The quantitative estimate of drug-likeness (QED) is 0.341. The van der Waals surface area contributed by atoms with Crippen LogP contribution in [0.4, 0.5) is 0 Å². The molecule has 1 heteroatoms. The minimum atomic E-state index is 0.805. The Morgan fingerprint density at radius 3 is 2.23 bits per heavy atom.